The summed E-state index contributed by atoms with van der Waals surface area (Å²) in [5.41, 5.74) is 3.75. The molecular weight excluding hydrogens is 288 g/mol. The quantitative estimate of drug-likeness (QED) is 0.701. The van der Waals surface area contributed by atoms with Gasteiger partial charge in [-0.05, 0) is 48.2 Å². The van der Waals surface area contributed by atoms with Crippen molar-refractivity contribution in [1.82, 2.24) is 0 Å². The highest BCUT2D eigenvalue weighted by molar-refractivity contribution is 9.08. The first-order chi connectivity index (χ1) is 8.72. The average Bonchev–Trinajstić information content (AvgIpc) is 2.42. The highest BCUT2D eigenvalue weighted by Crippen LogP contribution is 2.26. The van der Waals surface area contributed by atoms with Crippen LogP contribution in [0.25, 0.3) is 0 Å². The molecule has 2 aromatic rings. The van der Waals surface area contributed by atoms with Crippen LogP contribution in [0.1, 0.15) is 23.6 Å². The van der Waals surface area contributed by atoms with Gasteiger partial charge in [0.05, 0.1) is 0 Å². The summed E-state index contributed by atoms with van der Waals surface area (Å²) < 4.78 is 5.89. The number of alkyl halides is 1. The van der Waals surface area contributed by atoms with Crippen LogP contribution in [0.4, 0.5) is 0 Å². The van der Waals surface area contributed by atoms with E-state index >= 15 is 0 Å². The van der Waals surface area contributed by atoms with Gasteiger partial charge in [0, 0.05) is 5.33 Å². The maximum Gasteiger partial charge on any atom is 0.130 e. The van der Waals surface area contributed by atoms with Crippen molar-refractivity contribution < 1.29 is 4.74 Å². The average molecular weight is 305 g/mol. The van der Waals surface area contributed by atoms with Gasteiger partial charge in [-0.1, -0.05) is 47.1 Å². The van der Waals surface area contributed by atoms with E-state index in [0.717, 1.165) is 28.8 Å². The van der Waals surface area contributed by atoms with Crippen molar-refractivity contribution in [3.8, 4) is 11.5 Å². The molecule has 0 aromatic heterocycles. The van der Waals surface area contributed by atoms with E-state index in [1.165, 1.54) is 11.1 Å². The van der Waals surface area contributed by atoms with Gasteiger partial charge in [-0.15, -0.1) is 0 Å². The topological polar surface area (TPSA) is 9.23 Å². The zero-order valence-electron chi connectivity index (χ0n) is 10.7. The second-order valence-electron chi connectivity index (χ2n) is 4.33. The van der Waals surface area contributed by atoms with Gasteiger partial charge in [0.1, 0.15) is 11.5 Å². The fourth-order valence-corrected chi connectivity index (χ4v) is 2.18. The number of ether oxygens (including phenoxy) is 1. The second kappa shape index (κ2) is 6.05. The number of halogens is 1. The molecule has 0 bridgehead atoms. The van der Waals surface area contributed by atoms with Gasteiger partial charge in [0.25, 0.3) is 0 Å². The summed E-state index contributed by atoms with van der Waals surface area (Å²) in [6.45, 7) is 4.22. The molecule has 0 aliphatic carbocycles. The van der Waals surface area contributed by atoms with Gasteiger partial charge in [-0.3, -0.25) is 0 Å². The molecule has 2 aromatic carbocycles. The van der Waals surface area contributed by atoms with Crippen LogP contribution in [0.5, 0.6) is 11.5 Å². The SMILES string of the molecule is CCc1ccc(Oc2ccc(CBr)cc2C)cc1. The summed E-state index contributed by atoms with van der Waals surface area (Å²) in [4.78, 5) is 0. The minimum Gasteiger partial charge on any atom is -0.457 e. The summed E-state index contributed by atoms with van der Waals surface area (Å²) in [6.07, 6.45) is 1.05. The smallest absolute Gasteiger partial charge is 0.130 e. The third-order valence-corrected chi connectivity index (χ3v) is 3.60. The molecule has 0 amide bonds. The van der Waals surface area contributed by atoms with Crippen molar-refractivity contribution in [2.75, 3.05) is 0 Å². The Bertz CT molecular complexity index is 517. The Balaban J connectivity index is 2.17. The van der Waals surface area contributed by atoms with Crippen molar-refractivity contribution in [2.45, 2.75) is 25.6 Å². The predicted octanol–water partition coefficient (Wildman–Crippen LogP) is 5.24. The van der Waals surface area contributed by atoms with Crippen molar-refractivity contribution in [1.29, 1.82) is 0 Å². The Labute approximate surface area is 117 Å². The van der Waals surface area contributed by atoms with E-state index in [0.29, 0.717) is 0 Å². The Morgan fingerprint density at radius 3 is 2.22 bits per heavy atom. The van der Waals surface area contributed by atoms with Crippen molar-refractivity contribution in [3.63, 3.8) is 0 Å². The first kappa shape index (κ1) is 13.2. The zero-order chi connectivity index (χ0) is 13.0. The molecule has 0 heterocycles. The number of hydrogen-bond acceptors (Lipinski definition) is 1. The molecule has 0 spiro atoms. The molecule has 0 saturated heterocycles. The van der Waals surface area contributed by atoms with Gasteiger partial charge in [0.2, 0.25) is 0 Å². The summed E-state index contributed by atoms with van der Waals surface area (Å²) >= 11 is 3.46. The van der Waals surface area contributed by atoms with Crippen LogP contribution in [0.2, 0.25) is 0 Å². The van der Waals surface area contributed by atoms with E-state index in [2.05, 4.69) is 54.0 Å². The lowest BCUT2D eigenvalue weighted by Gasteiger charge is -2.10. The molecule has 1 nitrogen and oxygen atoms in total. The number of rotatable bonds is 4. The Kier molecular flexibility index (Phi) is 4.43. The van der Waals surface area contributed by atoms with Gasteiger partial charge >= 0.3 is 0 Å². The first-order valence-electron chi connectivity index (χ1n) is 6.15. The molecule has 0 aliphatic heterocycles. The van der Waals surface area contributed by atoms with E-state index in [4.69, 9.17) is 4.74 Å². The fourth-order valence-electron chi connectivity index (χ4n) is 1.83. The lowest BCUT2D eigenvalue weighted by Crippen LogP contribution is -1.89. The van der Waals surface area contributed by atoms with Crippen molar-refractivity contribution >= 4 is 15.9 Å². The lowest BCUT2D eigenvalue weighted by molar-refractivity contribution is 0.478. The molecule has 0 saturated carbocycles. The summed E-state index contributed by atoms with van der Waals surface area (Å²) in [5.74, 6) is 1.81. The van der Waals surface area contributed by atoms with Crippen molar-refractivity contribution in [2.24, 2.45) is 0 Å². The second-order valence-corrected chi connectivity index (χ2v) is 4.89. The highest BCUT2D eigenvalue weighted by Gasteiger charge is 2.02. The molecule has 2 rings (SSSR count). The standard InChI is InChI=1S/C16H17BrO/c1-3-13-4-7-15(8-5-13)18-16-9-6-14(11-17)10-12(16)2/h4-10H,3,11H2,1-2H3. The Morgan fingerprint density at radius 2 is 1.67 bits per heavy atom. The third kappa shape index (κ3) is 3.14. The molecule has 0 aliphatic rings. The van der Waals surface area contributed by atoms with Crippen LogP contribution >= 0.6 is 15.9 Å². The minimum atomic E-state index is 0.874. The minimum absolute atomic E-state index is 0.874. The summed E-state index contributed by atoms with van der Waals surface area (Å²) in [5, 5.41) is 0.874. The number of benzene rings is 2. The van der Waals surface area contributed by atoms with Crippen LogP contribution in [-0.4, -0.2) is 0 Å². The maximum absolute atomic E-state index is 5.89. The fraction of sp³-hybridized carbons (Fsp3) is 0.250. The Morgan fingerprint density at radius 1 is 1.00 bits per heavy atom. The van der Waals surface area contributed by atoms with Crippen LogP contribution in [0.3, 0.4) is 0 Å². The number of aryl methyl sites for hydroxylation is 2. The van der Waals surface area contributed by atoms with Gasteiger partial charge in [-0.2, -0.15) is 0 Å². The third-order valence-electron chi connectivity index (χ3n) is 2.95. The molecule has 0 fully saturated rings. The summed E-state index contributed by atoms with van der Waals surface area (Å²) in [6, 6.07) is 14.5. The molecule has 0 radical (unpaired) electrons. The Hall–Kier alpha value is -1.28. The number of hydrogen-bond donors (Lipinski definition) is 0. The van der Waals surface area contributed by atoms with E-state index < -0.39 is 0 Å². The normalized spacial score (nSPS) is 10.4. The molecule has 94 valence electrons. The molecule has 0 unspecified atom stereocenters. The van der Waals surface area contributed by atoms with Gasteiger partial charge < -0.3 is 4.74 Å². The van der Waals surface area contributed by atoms with Crippen LogP contribution in [0.15, 0.2) is 42.5 Å². The zero-order valence-corrected chi connectivity index (χ0v) is 12.3. The highest BCUT2D eigenvalue weighted by atomic mass is 79.9. The maximum atomic E-state index is 5.89. The predicted molar refractivity (Wildman–Crippen MR) is 79.7 cm³/mol. The lowest BCUT2D eigenvalue weighted by atomic mass is 10.1. The van der Waals surface area contributed by atoms with Crippen LogP contribution in [0, 0.1) is 6.92 Å². The summed E-state index contributed by atoms with van der Waals surface area (Å²) in [7, 11) is 0. The van der Waals surface area contributed by atoms with E-state index in [-0.39, 0.29) is 0 Å². The first-order valence-corrected chi connectivity index (χ1v) is 7.27. The van der Waals surface area contributed by atoms with Crippen LogP contribution in [-0.2, 0) is 11.8 Å². The van der Waals surface area contributed by atoms with E-state index in [1.807, 2.05) is 18.2 Å². The van der Waals surface area contributed by atoms with E-state index in [9.17, 15) is 0 Å². The van der Waals surface area contributed by atoms with Crippen molar-refractivity contribution in [3.05, 3.63) is 59.2 Å². The van der Waals surface area contributed by atoms with Gasteiger partial charge in [-0.25, -0.2) is 0 Å². The molecule has 2 heteroatoms. The van der Waals surface area contributed by atoms with E-state index in [1.54, 1.807) is 0 Å². The van der Waals surface area contributed by atoms with Gasteiger partial charge in [0.15, 0.2) is 0 Å². The molecule has 0 N–H and O–H groups in total. The molecular formula is C16H17BrO. The van der Waals surface area contributed by atoms with Crippen LogP contribution < -0.4 is 4.74 Å². The molecule has 18 heavy (non-hydrogen) atoms. The largest absolute Gasteiger partial charge is 0.457 e. The monoisotopic (exact) mass is 304 g/mol. The molecule has 0 atom stereocenters.